The molecule has 0 aliphatic carbocycles. The molecule has 1 aliphatic rings. The molecule has 4 nitrogen and oxygen atoms in total. The van der Waals surface area contributed by atoms with Crippen molar-refractivity contribution < 1.29 is 13.5 Å². The monoisotopic (exact) mass is 181 g/mol. The lowest BCUT2D eigenvalue weighted by Gasteiger charge is -1.81. The van der Waals surface area contributed by atoms with E-state index in [9.17, 15) is 8.42 Å². The molecule has 1 saturated heterocycles. The fourth-order valence-electron chi connectivity index (χ4n) is 0.746. The molecule has 5 heteroatoms. The molecule has 0 aromatic carbocycles. The van der Waals surface area contributed by atoms with Gasteiger partial charge in [0.1, 0.15) is 9.84 Å². The Labute approximate surface area is 67.3 Å². The molecule has 0 saturated carbocycles. The first-order valence-corrected chi connectivity index (χ1v) is 5.46. The van der Waals surface area contributed by atoms with E-state index < -0.39 is 9.84 Å². The highest BCUT2D eigenvalue weighted by atomic mass is 32.2. The quantitative estimate of drug-likeness (QED) is 0.551. The molecule has 11 heavy (non-hydrogen) atoms. The van der Waals surface area contributed by atoms with Crippen molar-refractivity contribution in [1.82, 2.24) is 0 Å². The van der Waals surface area contributed by atoms with Crippen molar-refractivity contribution in [3.05, 3.63) is 0 Å². The Morgan fingerprint density at radius 3 is 1.73 bits per heavy atom. The predicted octanol–water partition coefficient (Wildman–Crippen LogP) is -0.868. The van der Waals surface area contributed by atoms with E-state index in [2.05, 4.69) is 0 Å². The van der Waals surface area contributed by atoms with Gasteiger partial charge >= 0.3 is 0 Å². The molecule has 0 atom stereocenters. The van der Waals surface area contributed by atoms with Crippen LogP contribution in [0.4, 0.5) is 0 Å². The average Bonchev–Trinajstić information content (AvgIpc) is 2.35. The number of hydrogen-bond donors (Lipinski definition) is 2. The number of nitrogens with two attached hydrogens (primary N) is 1. The summed E-state index contributed by atoms with van der Waals surface area (Å²) in [6.45, 7) is 0.472. The Hall–Kier alpha value is -0.130. The van der Waals surface area contributed by atoms with Gasteiger partial charge in [0.2, 0.25) is 0 Å². The number of aliphatic hydroxyl groups is 1. The van der Waals surface area contributed by atoms with E-state index in [1.807, 2.05) is 0 Å². The molecule has 68 valence electrons. The number of sulfone groups is 1. The first-order valence-electron chi connectivity index (χ1n) is 3.64. The van der Waals surface area contributed by atoms with E-state index in [0.29, 0.717) is 18.1 Å². The van der Waals surface area contributed by atoms with Crippen molar-refractivity contribution in [2.45, 2.75) is 12.8 Å². The Kier molecular flexibility index (Phi) is 5.45. The van der Waals surface area contributed by atoms with Gasteiger partial charge in [-0.25, -0.2) is 8.42 Å². The normalized spacial score (nSPS) is 20.5. The number of aliphatic hydroxyl groups excluding tert-OH is 1. The van der Waals surface area contributed by atoms with E-state index >= 15 is 0 Å². The minimum Gasteiger partial charge on any atom is -0.395 e. The Morgan fingerprint density at radius 2 is 1.64 bits per heavy atom. The van der Waals surface area contributed by atoms with E-state index in [-0.39, 0.29) is 6.61 Å². The fraction of sp³-hybridized carbons (Fsp3) is 1.00. The molecule has 0 unspecified atom stereocenters. The third-order valence-electron chi connectivity index (χ3n) is 1.29. The number of hydrogen-bond acceptors (Lipinski definition) is 4. The average molecular weight is 181 g/mol. The maximum atomic E-state index is 10.4. The Morgan fingerprint density at radius 1 is 1.27 bits per heavy atom. The predicted molar refractivity (Wildman–Crippen MR) is 44.0 cm³/mol. The molecule has 0 radical (unpaired) electrons. The van der Waals surface area contributed by atoms with Crippen molar-refractivity contribution in [2.75, 3.05) is 24.7 Å². The first kappa shape index (κ1) is 10.9. The fourth-order valence-corrected chi connectivity index (χ4v) is 2.24. The zero-order chi connectivity index (χ0) is 8.74. The van der Waals surface area contributed by atoms with Gasteiger partial charge in [-0.3, -0.25) is 0 Å². The summed E-state index contributed by atoms with van der Waals surface area (Å²) in [5.74, 6) is 0.847. The molecular formula is C6H15NO3S. The van der Waals surface area contributed by atoms with Crippen LogP contribution in [0, 0.1) is 0 Å². The Bertz CT molecular complexity index is 162. The van der Waals surface area contributed by atoms with E-state index in [0.717, 1.165) is 12.8 Å². The third kappa shape index (κ3) is 6.28. The SMILES string of the molecule is NCCO.O=S1(=O)CCCC1. The lowest BCUT2D eigenvalue weighted by Crippen LogP contribution is -2.02. The van der Waals surface area contributed by atoms with E-state index in [4.69, 9.17) is 10.8 Å². The molecule has 1 fully saturated rings. The maximum Gasteiger partial charge on any atom is 0.150 e. The summed E-state index contributed by atoms with van der Waals surface area (Å²) < 4.78 is 20.9. The van der Waals surface area contributed by atoms with Gasteiger partial charge in [-0.2, -0.15) is 0 Å². The molecule has 0 aromatic rings. The van der Waals surface area contributed by atoms with Gasteiger partial charge in [0.25, 0.3) is 0 Å². The second kappa shape index (κ2) is 5.51. The van der Waals surface area contributed by atoms with Crippen LogP contribution in [0.2, 0.25) is 0 Å². The minimum absolute atomic E-state index is 0.0972. The van der Waals surface area contributed by atoms with Crippen molar-refractivity contribution in [3.63, 3.8) is 0 Å². The lowest BCUT2D eigenvalue weighted by molar-refractivity contribution is 0.306. The van der Waals surface area contributed by atoms with Crippen LogP contribution in [0.15, 0.2) is 0 Å². The molecule has 3 N–H and O–H groups in total. The second-order valence-electron chi connectivity index (χ2n) is 2.37. The maximum absolute atomic E-state index is 10.4. The van der Waals surface area contributed by atoms with Crippen LogP contribution in [0.25, 0.3) is 0 Å². The van der Waals surface area contributed by atoms with Crippen LogP contribution in [-0.2, 0) is 9.84 Å². The first-order chi connectivity index (χ1) is 5.12. The smallest absolute Gasteiger partial charge is 0.150 e. The molecule has 1 rings (SSSR count). The standard InChI is InChI=1S/C4H8O2S.C2H7NO/c5-7(6)3-1-2-4-7;3-1-2-4/h1-4H2;4H,1-3H2. The summed E-state index contributed by atoms with van der Waals surface area (Å²) in [5.41, 5.74) is 4.78. The summed E-state index contributed by atoms with van der Waals surface area (Å²) in [4.78, 5) is 0. The van der Waals surface area contributed by atoms with Crippen LogP contribution in [0.1, 0.15) is 12.8 Å². The molecular weight excluding hydrogens is 166 g/mol. The van der Waals surface area contributed by atoms with Crippen molar-refractivity contribution in [1.29, 1.82) is 0 Å². The molecule has 0 spiro atoms. The van der Waals surface area contributed by atoms with Gasteiger partial charge in [-0.1, -0.05) is 0 Å². The molecule has 0 aromatic heterocycles. The van der Waals surface area contributed by atoms with Crippen LogP contribution in [0.3, 0.4) is 0 Å². The van der Waals surface area contributed by atoms with Crippen LogP contribution in [-0.4, -0.2) is 38.2 Å². The van der Waals surface area contributed by atoms with Gasteiger partial charge in [0.15, 0.2) is 0 Å². The van der Waals surface area contributed by atoms with E-state index in [1.54, 1.807) is 0 Å². The molecule has 0 amide bonds. The molecule has 0 bridgehead atoms. The van der Waals surface area contributed by atoms with Crippen molar-refractivity contribution in [2.24, 2.45) is 5.73 Å². The molecule has 1 aliphatic heterocycles. The largest absolute Gasteiger partial charge is 0.395 e. The highest BCUT2D eigenvalue weighted by Gasteiger charge is 2.16. The highest BCUT2D eigenvalue weighted by molar-refractivity contribution is 7.91. The minimum atomic E-state index is -2.55. The molecule has 1 heterocycles. The Balaban J connectivity index is 0.000000218. The summed E-state index contributed by atoms with van der Waals surface area (Å²) in [6, 6.07) is 0. The summed E-state index contributed by atoms with van der Waals surface area (Å²) in [5, 5.41) is 7.75. The van der Waals surface area contributed by atoms with Crippen molar-refractivity contribution in [3.8, 4) is 0 Å². The van der Waals surface area contributed by atoms with Crippen LogP contribution >= 0.6 is 0 Å². The zero-order valence-electron chi connectivity index (χ0n) is 6.49. The third-order valence-corrected chi connectivity index (χ3v) is 3.11. The van der Waals surface area contributed by atoms with E-state index in [1.165, 1.54) is 0 Å². The van der Waals surface area contributed by atoms with Gasteiger partial charge in [0.05, 0.1) is 18.1 Å². The summed E-state index contributed by atoms with van der Waals surface area (Å²) in [6.07, 6.45) is 1.75. The van der Waals surface area contributed by atoms with Gasteiger partial charge in [0, 0.05) is 6.54 Å². The van der Waals surface area contributed by atoms with Gasteiger partial charge in [-0.05, 0) is 12.8 Å². The highest BCUT2D eigenvalue weighted by Crippen LogP contribution is 2.08. The zero-order valence-corrected chi connectivity index (χ0v) is 7.31. The lowest BCUT2D eigenvalue weighted by atomic mass is 10.4. The van der Waals surface area contributed by atoms with Gasteiger partial charge < -0.3 is 10.8 Å². The number of rotatable bonds is 1. The topological polar surface area (TPSA) is 80.4 Å². The van der Waals surface area contributed by atoms with Crippen LogP contribution in [0.5, 0.6) is 0 Å². The summed E-state index contributed by atoms with van der Waals surface area (Å²) >= 11 is 0. The van der Waals surface area contributed by atoms with Crippen LogP contribution < -0.4 is 5.73 Å². The van der Waals surface area contributed by atoms with Crippen molar-refractivity contribution >= 4 is 9.84 Å². The second-order valence-corrected chi connectivity index (χ2v) is 4.67. The summed E-state index contributed by atoms with van der Waals surface area (Å²) in [7, 11) is -2.55. The van der Waals surface area contributed by atoms with Gasteiger partial charge in [-0.15, -0.1) is 0 Å².